The van der Waals surface area contributed by atoms with Crippen LogP contribution in [0.25, 0.3) is 0 Å². The molecule has 0 spiro atoms. The topological polar surface area (TPSA) is 38.0 Å². The Morgan fingerprint density at radius 1 is 0.950 bits per heavy atom. The van der Waals surface area contributed by atoms with E-state index in [-0.39, 0.29) is 5.54 Å². The van der Waals surface area contributed by atoms with Gasteiger partial charge in [-0.05, 0) is 74.7 Å². The zero-order valence-electron chi connectivity index (χ0n) is 14.1. The highest BCUT2D eigenvalue weighted by Gasteiger charge is 2.42. The van der Waals surface area contributed by atoms with Crippen molar-refractivity contribution in [2.24, 2.45) is 35.3 Å². The molecule has 2 aliphatic rings. The van der Waals surface area contributed by atoms with Gasteiger partial charge in [0.2, 0.25) is 0 Å². The first-order chi connectivity index (χ1) is 9.46. The minimum atomic E-state index is 0.171. The molecule has 118 valence electrons. The first-order valence-electron chi connectivity index (χ1n) is 8.91. The van der Waals surface area contributed by atoms with Gasteiger partial charge >= 0.3 is 0 Å². The molecule has 2 heteroatoms. The summed E-state index contributed by atoms with van der Waals surface area (Å²) in [7, 11) is 0. The summed E-state index contributed by atoms with van der Waals surface area (Å²) in [5.74, 6) is 4.43. The standard InChI is InChI=1S/C18H36N2/c1-13(2)9-18(12-19,10-14(3)4)20-11-17(15-5-6-15)16-7-8-16/h13-17,20H,5-12,19H2,1-4H3. The van der Waals surface area contributed by atoms with Gasteiger partial charge in [0.05, 0.1) is 0 Å². The van der Waals surface area contributed by atoms with Gasteiger partial charge in [0.25, 0.3) is 0 Å². The number of rotatable bonds is 10. The fourth-order valence-electron chi connectivity index (χ4n) is 4.13. The Bertz CT molecular complexity index is 268. The van der Waals surface area contributed by atoms with E-state index >= 15 is 0 Å². The van der Waals surface area contributed by atoms with Crippen molar-refractivity contribution in [3.63, 3.8) is 0 Å². The summed E-state index contributed by atoms with van der Waals surface area (Å²) < 4.78 is 0. The maximum Gasteiger partial charge on any atom is 0.0309 e. The summed E-state index contributed by atoms with van der Waals surface area (Å²) in [6.45, 7) is 11.3. The van der Waals surface area contributed by atoms with E-state index < -0.39 is 0 Å². The third-order valence-corrected chi connectivity index (χ3v) is 5.16. The van der Waals surface area contributed by atoms with Crippen LogP contribution in [0.1, 0.15) is 66.2 Å². The molecule has 2 rings (SSSR count). The molecule has 3 N–H and O–H groups in total. The van der Waals surface area contributed by atoms with Gasteiger partial charge in [-0.25, -0.2) is 0 Å². The second-order valence-electron chi connectivity index (χ2n) is 8.40. The number of nitrogens with one attached hydrogen (secondary N) is 1. The molecule has 0 aromatic rings. The van der Waals surface area contributed by atoms with Crippen molar-refractivity contribution in [2.45, 2.75) is 71.8 Å². The lowest BCUT2D eigenvalue weighted by atomic mass is 9.81. The molecular weight excluding hydrogens is 244 g/mol. The largest absolute Gasteiger partial charge is 0.329 e. The van der Waals surface area contributed by atoms with Crippen LogP contribution in [0.2, 0.25) is 0 Å². The third kappa shape index (κ3) is 4.73. The molecule has 2 aliphatic carbocycles. The predicted molar refractivity (Wildman–Crippen MR) is 87.6 cm³/mol. The van der Waals surface area contributed by atoms with Crippen molar-refractivity contribution in [2.75, 3.05) is 13.1 Å². The monoisotopic (exact) mass is 280 g/mol. The van der Waals surface area contributed by atoms with E-state index in [0.29, 0.717) is 11.8 Å². The van der Waals surface area contributed by atoms with E-state index in [1.165, 1.54) is 45.1 Å². The Labute approximate surface area is 126 Å². The molecule has 2 nitrogen and oxygen atoms in total. The Morgan fingerprint density at radius 3 is 1.70 bits per heavy atom. The molecule has 0 aliphatic heterocycles. The minimum Gasteiger partial charge on any atom is -0.329 e. The maximum atomic E-state index is 6.21. The van der Waals surface area contributed by atoms with Crippen molar-refractivity contribution in [3.05, 3.63) is 0 Å². The zero-order valence-corrected chi connectivity index (χ0v) is 14.1. The SMILES string of the molecule is CC(C)CC(CN)(CC(C)C)NCC(C1CC1)C1CC1. The first-order valence-corrected chi connectivity index (χ1v) is 8.91. The molecule has 0 saturated heterocycles. The van der Waals surface area contributed by atoms with Crippen molar-refractivity contribution in [3.8, 4) is 0 Å². The maximum absolute atomic E-state index is 6.21. The summed E-state index contributed by atoms with van der Waals surface area (Å²) >= 11 is 0. The van der Waals surface area contributed by atoms with Gasteiger partial charge in [-0.3, -0.25) is 0 Å². The van der Waals surface area contributed by atoms with Crippen LogP contribution in [-0.2, 0) is 0 Å². The number of hydrogen-bond acceptors (Lipinski definition) is 2. The molecule has 0 heterocycles. The summed E-state index contributed by atoms with van der Waals surface area (Å²) in [4.78, 5) is 0. The van der Waals surface area contributed by atoms with Crippen LogP contribution in [0, 0.1) is 29.6 Å². The van der Waals surface area contributed by atoms with Gasteiger partial charge in [-0.15, -0.1) is 0 Å². The fraction of sp³-hybridized carbons (Fsp3) is 1.00. The van der Waals surface area contributed by atoms with Crippen LogP contribution in [0.5, 0.6) is 0 Å². The average Bonchev–Trinajstić information content (AvgIpc) is 3.21. The quantitative estimate of drug-likeness (QED) is 0.639. The average molecular weight is 281 g/mol. The van der Waals surface area contributed by atoms with E-state index in [1.807, 2.05) is 0 Å². The second kappa shape index (κ2) is 6.79. The van der Waals surface area contributed by atoms with E-state index in [9.17, 15) is 0 Å². The highest BCUT2D eigenvalue weighted by Crippen LogP contribution is 2.49. The lowest BCUT2D eigenvalue weighted by Crippen LogP contribution is -2.54. The molecule has 0 aromatic heterocycles. The van der Waals surface area contributed by atoms with Crippen molar-refractivity contribution in [1.82, 2.24) is 5.32 Å². The van der Waals surface area contributed by atoms with Gasteiger partial charge in [-0.2, -0.15) is 0 Å². The molecule has 2 fully saturated rings. The summed E-state index contributed by atoms with van der Waals surface area (Å²) in [5, 5.41) is 3.96. The molecule has 0 atom stereocenters. The molecule has 0 unspecified atom stereocenters. The van der Waals surface area contributed by atoms with Crippen LogP contribution in [0.4, 0.5) is 0 Å². The highest BCUT2D eigenvalue weighted by molar-refractivity contribution is 4.97. The van der Waals surface area contributed by atoms with E-state index in [2.05, 4.69) is 33.0 Å². The third-order valence-electron chi connectivity index (χ3n) is 5.16. The van der Waals surface area contributed by atoms with E-state index in [0.717, 1.165) is 24.3 Å². The molecule has 2 saturated carbocycles. The summed E-state index contributed by atoms with van der Waals surface area (Å²) in [5.41, 5.74) is 6.38. The zero-order chi connectivity index (χ0) is 14.8. The Kier molecular flexibility index (Phi) is 5.53. The van der Waals surface area contributed by atoms with Gasteiger partial charge in [0.15, 0.2) is 0 Å². The smallest absolute Gasteiger partial charge is 0.0309 e. The number of nitrogens with two attached hydrogens (primary N) is 1. The Hall–Kier alpha value is -0.0800. The number of hydrogen-bond donors (Lipinski definition) is 2. The van der Waals surface area contributed by atoms with Crippen LogP contribution in [0.15, 0.2) is 0 Å². The van der Waals surface area contributed by atoms with Gasteiger partial charge in [0.1, 0.15) is 0 Å². The molecule has 20 heavy (non-hydrogen) atoms. The van der Waals surface area contributed by atoms with Crippen molar-refractivity contribution in [1.29, 1.82) is 0 Å². The summed E-state index contributed by atoms with van der Waals surface area (Å²) in [6, 6.07) is 0. The van der Waals surface area contributed by atoms with Crippen LogP contribution in [0.3, 0.4) is 0 Å². The van der Waals surface area contributed by atoms with Gasteiger partial charge < -0.3 is 11.1 Å². The van der Waals surface area contributed by atoms with Gasteiger partial charge in [0, 0.05) is 12.1 Å². The van der Waals surface area contributed by atoms with Crippen molar-refractivity contribution >= 4 is 0 Å². The van der Waals surface area contributed by atoms with Crippen LogP contribution in [-0.4, -0.2) is 18.6 Å². The molecule has 0 aromatic carbocycles. The fourth-order valence-corrected chi connectivity index (χ4v) is 4.13. The molecular formula is C18H36N2. The molecule has 0 bridgehead atoms. The molecule has 0 radical (unpaired) electrons. The second-order valence-corrected chi connectivity index (χ2v) is 8.40. The lowest BCUT2D eigenvalue weighted by molar-refractivity contribution is 0.207. The summed E-state index contributed by atoms with van der Waals surface area (Å²) in [6.07, 6.45) is 8.34. The minimum absolute atomic E-state index is 0.171. The van der Waals surface area contributed by atoms with Crippen molar-refractivity contribution < 1.29 is 0 Å². The van der Waals surface area contributed by atoms with Crippen LogP contribution < -0.4 is 11.1 Å². The highest BCUT2D eigenvalue weighted by atomic mass is 15.0. The first kappa shape index (κ1) is 16.3. The van der Waals surface area contributed by atoms with Gasteiger partial charge in [-0.1, -0.05) is 27.7 Å². The predicted octanol–water partition coefficient (Wildman–Crippen LogP) is 3.80. The van der Waals surface area contributed by atoms with E-state index in [1.54, 1.807) is 0 Å². The Morgan fingerprint density at radius 2 is 1.40 bits per heavy atom. The lowest BCUT2D eigenvalue weighted by Gasteiger charge is -2.38. The normalized spacial score (nSPS) is 20.4. The molecule has 0 amide bonds. The van der Waals surface area contributed by atoms with Crippen LogP contribution >= 0.6 is 0 Å². The Balaban J connectivity index is 1.93. The van der Waals surface area contributed by atoms with E-state index in [4.69, 9.17) is 5.73 Å².